The number of hydrogen-bond donors (Lipinski definition) is 2. The molecule has 25 heavy (non-hydrogen) atoms. The standard InChI is InChI=1S/C18H21N5O2/c1-12-20-8-7-16(21-12)13-4-2-6-15(10-13)22-18(25)23-9-3-5-14(11-23)17(19)24/h2,4,6-8,10,14H,3,5,9,11H2,1H3,(H2,19,24)(H,22,25)/t14-/m1/s1. The van der Waals surface area contributed by atoms with E-state index >= 15 is 0 Å². The van der Waals surface area contributed by atoms with E-state index in [9.17, 15) is 9.59 Å². The summed E-state index contributed by atoms with van der Waals surface area (Å²) in [6, 6.07) is 9.10. The van der Waals surface area contributed by atoms with Crippen molar-refractivity contribution >= 4 is 17.6 Å². The van der Waals surface area contributed by atoms with Gasteiger partial charge < -0.3 is 16.0 Å². The van der Waals surface area contributed by atoms with Gasteiger partial charge >= 0.3 is 6.03 Å². The van der Waals surface area contributed by atoms with Gasteiger partial charge in [-0.25, -0.2) is 14.8 Å². The molecule has 7 heteroatoms. The topological polar surface area (TPSA) is 101 Å². The van der Waals surface area contributed by atoms with Gasteiger partial charge in [-0.3, -0.25) is 4.79 Å². The lowest BCUT2D eigenvalue weighted by Crippen LogP contribution is -2.45. The Balaban J connectivity index is 1.71. The van der Waals surface area contributed by atoms with E-state index in [4.69, 9.17) is 5.73 Å². The van der Waals surface area contributed by atoms with Gasteiger partial charge in [0.15, 0.2) is 0 Å². The van der Waals surface area contributed by atoms with E-state index in [0.29, 0.717) is 24.6 Å². The Kier molecular flexibility index (Phi) is 4.92. The Hall–Kier alpha value is -2.96. The van der Waals surface area contributed by atoms with E-state index in [0.717, 1.165) is 24.1 Å². The van der Waals surface area contributed by atoms with Crippen LogP contribution in [0.1, 0.15) is 18.7 Å². The van der Waals surface area contributed by atoms with Gasteiger partial charge in [0, 0.05) is 30.5 Å². The van der Waals surface area contributed by atoms with Gasteiger partial charge in [0.2, 0.25) is 5.91 Å². The van der Waals surface area contributed by atoms with E-state index in [2.05, 4.69) is 15.3 Å². The molecule has 0 unspecified atom stereocenters. The lowest BCUT2D eigenvalue weighted by molar-refractivity contribution is -0.123. The number of rotatable bonds is 3. The molecule has 0 aliphatic carbocycles. The quantitative estimate of drug-likeness (QED) is 0.895. The van der Waals surface area contributed by atoms with Gasteiger partial charge in [-0.15, -0.1) is 0 Å². The molecule has 1 saturated heterocycles. The zero-order valence-corrected chi connectivity index (χ0v) is 14.1. The number of piperidine rings is 1. The van der Waals surface area contributed by atoms with Crippen LogP contribution in [0.4, 0.5) is 10.5 Å². The normalized spacial score (nSPS) is 17.2. The van der Waals surface area contributed by atoms with E-state index in [-0.39, 0.29) is 17.9 Å². The number of anilines is 1. The lowest BCUT2D eigenvalue weighted by atomic mass is 9.98. The van der Waals surface area contributed by atoms with Crippen molar-refractivity contribution in [3.05, 3.63) is 42.4 Å². The van der Waals surface area contributed by atoms with Crippen LogP contribution in [-0.2, 0) is 4.79 Å². The number of carbonyl (C=O) groups is 2. The number of urea groups is 1. The predicted octanol–water partition coefficient (Wildman–Crippen LogP) is 2.18. The first-order valence-electron chi connectivity index (χ1n) is 8.28. The molecule has 7 nitrogen and oxygen atoms in total. The average molecular weight is 339 g/mol. The van der Waals surface area contributed by atoms with E-state index in [1.165, 1.54) is 0 Å². The van der Waals surface area contributed by atoms with Gasteiger partial charge in [0.1, 0.15) is 5.82 Å². The van der Waals surface area contributed by atoms with Crippen LogP contribution in [0, 0.1) is 12.8 Å². The smallest absolute Gasteiger partial charge is 0.321 e. The highest BCUT2D eigenvalue weighted by Crippen LogP contribution is 2.22. The molecule has 0 spiro atoms. The number of primary amides is 1. The fourth-order valence-electron chi connectivity index (χ4n) is 2.97. The minimum Gasteiger partial charge on any atom is -0.369 e. The fraction of sp³-hybridized carbons (Fsp3) is 0.333. The van der Waals surface area contributed by atoms with Crippen molar-refractivity contribution in [1.29, 1.82) is 0 Å². The monoisotopic (exact) mass is 339 g/mol. The first-order valence-corrected chi connectivity index (χ1v) is 8.28. The molecular weight excluding hydrogens is 318 g/mol. The SMILES string of the molecule is Cc1nccc(-c2cccc(NC(=O)N3CCC[C@@H](C(N)=O)C3)c2)n1. The van der Waals surface area contributed by atoms with Crippen LogP contribution in [0.5, 0.6) is 0 Å². The molecule has 1 aromatic heterocycles. The number of likely N-dealkylation sites (tertiary alicyclic amines) is 1. The van der Waals surface area contributed by atoms with Crippen LogP contribution in [0.25, 0.3) is 11.3 Å². The summed E-state index contributed by atoms with van der Waals surface area (Å²) in [5.74, 6) is 0.0752. The van der Waals surface area contributed by atoms with Crippen molar-refractivity contribution in [2.45, 2.75) is 19.8 Å². The zero-order valence-electron chi connectivity index (χ0n) is 14.1. The van der Waals surface area contributed by atoms with Crippen LogP contribution in [-0.4, -0.2) is 39.9 Å². The summed E-state index contributed by atoms with van der Waals surface area (Å²) in [5, 5.41) is 2.89. The third kappa shape index (κ3) is 4.12. The Labute approximate surface area is 146 Å². The highest BCUT2D eigenvalue weighted by molar-refractivity contribution is 5.90. The van der Waals surface area contributed by atoms with E-state index < -0.39 is 0 Å². The predicted molar refractivity (Wildman–Crippen MR) is 94.7 cm³/mol. The summed E-state index contributed by atoms with van der Waals surface area (Å²) in [6.45, 7) is 2.83. The number of benzene rings is 1. The van der Waals surface area contributed by atoms with Crippen LogP contribution in [0.3, 0.4) is 0 Å². The van der Waals surface area contributed by atoms with Crippen molar-refractivity contribution < 1.29 is 9.59 Å². The van der Waals surface area contributed by atoms with Crippen LogP contribution < -0.4 is 11.1 Å². The highest BCUT2D eigenvalue weighted by Gasteiger charge is 2.26. The second-order valence-electron chi connectivity index (χ2n) is 6.19. The largest absolute Gasteiger partial charge is 0.369 e. The summed E-state index contributed by atoms with van der Waals surface area (Å²) < 4.78 is 0. The third-order valence-corrected chi connectivity index (χ3v) is 4.30. The summed E-state index contributed by atoms with van der Waals surface area (Å²) >= 11 is 0. The number of nitrogens with two attached hydrogens (primary N) is 1. The van der Waals surface area contributed by atoms with Gasteiger partial charge in [-0.05, 0) is 38.0 Å². The Morgan fingerprint density at radius 1 is 1.32 bits per heavy atom. The molecular formula is C18H21N5O2. The number of nitrogens with zero attached hydrogens (tertiary/aromatic N) is 3. The van der Waals surface area contributed by atoms with Crippen molar-refractivity contribution in [3.8, 4) is 11.3 Å². The maximum atomic E-state index is 12.5. The second-order valence-corrected chi connectivity index (χ2v) is 6.19. The Bertz CT molecular complexity index is 793. The van der Waals surface area contributed by atoms with E-state index in [1.54, 1.807) is 11.1 Å². The molecule has 0 saturated carbocycles. The Morgan fingerprint density at radius 3 is 2.92 bits per heavy atom. The molecule has 3 rings (SSSR count). The Morgan fingerprint density at radius 2 is 2.16 bits per heavy atom. The minimum atomic E-state index is -0.348. The molecule has 1 aliphatic heterocycles. The number of aryl methyl sites for hydroxylation is 1. The molecule has 0 bridgehead atoms. The number of carbonyl (C=O) groups excluding carboxylic acids is 2. The van der Waals surface area contributed by atoms with Crippen molar-refractivity contribution in [2.75, 3.05) is 18.4 Å². The molecule has 2 aromatic rings. The van der Waals surface area contributed by atoms with Gasteiger partial charge in [-0.1, -0.05) is 12.1 Å². The molecule has 2 heterocycles. The van der Waals surface area contributed by atoms with Crippen molar-refractivity contribution in [1.82, 2.24) is 14.9 Å². The van der Waals surface area contributed by atoms with Gasteiger partial charge in [-0.2, -0.15) is 0 Å². The molecule has 3 N–H and O–H groups in total. The summed E-state index contributed by atoms with van der Waals surface area (Å²) in [5.41, 5.74) is 7.75. The maximum absolute atomic E-state index is 12.5. The highest BCUT2D eigenvalue weighted by atomic mass is 16.2. The van der Waals surface area contributed by atoms with E-state index in [1.807, 2.05) is 37.3 Å². The van der Waals surface area contributed by atoms with Crippen molar-refractivity contribution in [3.63, 3.8) is 0 Å². The van der Waals surface area contributed by atoms with Gasteiger partial charge in [0.25, 0.3) is 0 Å². The molecule has 1 aliphatic rings. The number of aromatic nitrogens is 2. The molecule has 1 aromatic carbocycles. The first kappa shape index (κ1) is 16.9. The molecule has 3 amide bonds. The molecule has 1 fully saturated rings. The fourth-order valence-corrected chi connectivity index (χ4v) is 2.97. The summed E-state index contributed by atoms with van der Waals surface area (Å²) in [7, 11) is 0. The van der Waals surface area contributed by atoms with Crippen LogP contribution >= 0.6 is 0 Å². The third-order valence-electron chi connectivity index (χ3n) is 4.30. The minimum absolute atomic E-state index is 0.220. The van der Waals surface area contributed by atoms with Crippen LogP contribution in [0.2, 0.25) is 0 Å². The number of hydrogen-bond acceptors (Lipinski definition) is 4. The number of amides is 3. The van der Waals surface area contributed by atoms with Crippen molar-refractivity contribution in [2.24, 2.45) is 11.7 Å². The molecule has 1 atom stereocenters. The summed E-state index contributed by atoms with van der Waals surface area (Å²) in [6.07, 6.45) is 3.23. The van der Waals surface area contributed by atoms with Crippen LogP contribution in [0.15, 0.2) is 36.5 Å². The first-order chi connectivity index (χ1) is 12.0. The number of nitrogens with one attached hydrogen (secondary N) is 1. The lowest BCUT2D eigenvalue weighted by Gasteiger charge is -2.31. The van der Waals surface area contributed by atoms with Gasteiger partial charge in [0.05, 0.1) is 11.6 Å². The second kappa shape index (κ2) is 7.29. The average Bonchev–Trinajstić information content (AvgIpc) is 2.62. The summed E-state index contributed by atoms with van der Waals surface area (Å²) in [4.78, 5) is 34.0. The molecule has 130 valence electrons. The zero-order chi connectivity index (χ0) is 17.8. The molecule has 0 radical (unpaired) electrons. The maximum Gasteiger partial charge on any atom is 0.321 e.